The van der Waals surface area contributed by atoms with Gasteiger partial charge in [0.15, 0.2) is 0 Å². The average Bonchev–Trinajstić information content (AvgIpc) is 2.17. The molecule has 0 saturated heterocycles. The highest BCUT2D eigenvalue weighted by Gasteiger charge is 2.23. The first-order valence-corrected chi connectivity index (χ1v) is 4.80. The first-order valence-electron chi connectivity index (χ1n) is 4.80. The lowest BCUT2D eigenvalue weighted by atomic mass is 9.87. The molecule has 1 aromatic rings. The highest BCUT2D eigenvalue weighted by molar-refractivity contribution is 5.25. The van der Waals surface area contributed by atoms with Crippen LogP contribution in [0.15, 0.2) is 18.3 Å². The molecule has 1 aliphatic heterocycles. The average molecular weight is 177 g/mol. The fourth-order valence-corrected chi connectivity index (χ4v) is 1.83. The summed E-state index contributed by atoms with van der Waals surface area (Å²) < 4.78 is 5.51. The van der Waals surface area contributed by atoms with Crippen LogP contribution in [-0.2, 0) is 11.3 Å². The van der Waals surface area contributed by atoms with Gasteiger partial charge in [-0.1, -0.05) is 19.9 Å². The Balaban J connectivity index is 2.37. The number of fused-ring (bicyclic) bond motifs is 1. The first kappa shape index (κ1) is 8.70. The monoisotopic (exact) mass is 177 g/mol. The molecule has 0 N–H and O–H groups in total. The molecule has 2 heteroatoms. The predicted molar refractivity (Wildman–Crippen MR) is 51.5 cm³/mol. The van der Waals surface area contributed by atoms with Crippen LogP contribution in [0.5, 0.6) is 0 Å². The standard InChI is InChI=1S/C11H15NO/c1-8(2)10-6-13-7-11-9(10)4-3-5-12-11/h3-5,8,10H,6-7H2,1-2H3. The maximum absolute atomic E-state index is 5.51. The van der Waals surface area contributed by atoms with E-state index < -0.39 is 0 Å². The highest BCUT2D eigenvalue weighted by atomic mass is 16.5. The second kappa shape index (κ2) is 3.46. The maximum atomic E-state index is 5.51. The van der Waals surface area contributed by atoms with Crippen molar-refractivity contribution in [3.63, 3.8) is 0 Å². The van der Waals surface area contributed by atoms with E-state index >= 15 is 0 Å². The zero-order chi connectivity index (χ0) is 9.26. The number of aromatic nitrogens is 1. The summed E-state index contributed by atoms with van der Waals surface area (Å²) in [5.74, 6) is 1.15. The molecule has 1 atom stereocenters. The minimum Gasteiger partial charge on any atom is -0.375 e. The van der Waals surface area contributed by atoms with Crippen molar-refractivity contribution in [1.82, 2.24) is 4.98 Å². The lowest BCUT2D eigenvalue weighted by Gasteiger charge is -2.27. The van der Waals surface area contributed by atoms with Crippen LogP contribution in [0.1, 0.15) is 31.0 Å². The van der Waals surface area contributed by atoms with Gasteiger partial charge in [-0.15, -0.1) is 0 Å². The van der Waals surface area contributed by atoms with Crippen LogP contribution >= 0.6 is 0 Å². The van der Waals surface area contributed by atoms with Gasteiger partial charge in [-0.2, -0.15) is 0 Å². The molecular formula is C11H15NO. The molecular weight excluding hydrogens is 162 g/mol. The van der Waals surface area contributed by atoms with Gasteiger partial charge in [0.05, 0.1) is 18.9 Å². The first-order chi connectivity index (χ1) is 6.29. The van der Waals surface area contributed by atoms with Crippen LogP contribution in [0.2, 0.25) is 0 Å². The molecule has 0 aliphatic carbocycles. The van der Waals surface area contributed by atoms with Crippen molar-refractivity contribution in [2.24, 2.45) is 5.92 Å². The Morgan fingerprint density at radius 1 is 1.54 bits per heavy atom. The van der Waals surface area contributed by atoms with Gasteiger partial charge < -0.3 is 4.74 Å². The molecule has 0 radical (unpaired) electrons. The van der Waals surface area contributed by atoms with Crippen molar-refractivity contribution in [2.75, 3.05) is 6.61 Å². The lowest BCUT2D eigenvalue weighted by Crippen LogP contribution is -2.21. The zero-order valence-corrected chi connectivity index (χ0v) is 8.16. The molecule has 0 amide bonds. The van der Waals surface area contributed by atoms with E-state index in [1.54, 1.807) is 0 Å². The number of hydrogen-bond donors (Lipinski definition) is 0. The molecule has 2 heterocycles. The summed E-state index contributed by atoms with van der Waals surface area (Å²) in [5.41, 5.74) is 2.50. The molecule has 0 spiro atoms. The molecule has 70 valence electrons. The van der Waals surface area contributed by atoms with Crippen LogP contribution in [0.3, 0.4) is 0 Å². The second-order valence-corrected chi connectivity index (χ2v) is 3.90. The van der Waals surface area contributed by atoms with Gasteiger partial charge >= 0.3 is 0 Å². The molecule has 0 aromatic carbocycles. The van der Waals surface area contributed by atoms with Crippen molar-refractivity contribution >= 4 is 0 Å². The summed E-state index contributed by atoms with van der Waals surface area (Å²) in [7, 11) is 0. The summed E-state index contributed by atoms with van der Waals surface area (Å²) >= 11 is 0. The van der Waals surface area contributed by atoms with E-state index in [-0.39, 0.29) is 0 Å². The minimum absolute atomic E-state index is 0.525. The van der Waals surface area contributed by atoms with Crippen LogP contribution in [0.4, 0.5) is 0 Å². The molecule has 0 saturated carbocycles. The largest absolute Gasteiger partial charge is 0.375 e. The summed E-state index contributed by atoms with van der Waals surface area (Å²) in [6.07, 6.45) is 1.84. The molecule has 2 rings (SSSR count). The van der Waals surface area contributed by atoms with Gasteiger partial charge in [-0.25, -0.2) is 0 Å². The van der Waals surface area contributed by atoms with Gasteiger partial charge in [-0.05, 0) is 17.5 Å². The summed E-state index contributed by atoms with van der Waals surface area (Å²) in [4.78, 5) is 4.33. The van der Waals surface area contributed by atoms with Crippen LogP contribution in [0.25, 0.3) is 0 Å². The van der Waals surface area contributed by atoms with E-state index in [1.165, 1.54) is 5.56 Å². The molecule has 1 unspecified atom stereocenters. The topological polar surface area (TPSA) is 22.1 Å². The van der Waals surface area contributed by atoms with Crippen LogP contribution < -0.4 is 0 Å². The van der Waals surface area contributed by atoms with E-state index in [4.69, 9.17) is 4.74 Å². The SMILES string of the molecule is CC(C)C1COCc2ncccc21. The Morgan fingerprint density at radius 2 is 2.38 bits per heavy atom. The fourth-order valence-electron chi connectivity index (χ4n) is 1.83. The van der Waals surface area contributed by atoms with E-state index in [9.17, 15) is 0 Å². The van der Waals surface area contributed by atoms with Crippen molar-refractivity contribution in [2.45, 2.75) is 26.4 Å². The van der Waals surface area contributed by atoms with E-state index in [1.807, 2.05) is 12.3 Å². The quantitative estimate of drug-likeness (QED) is 0.657. The maximum Gasteiger partial charge on any atom is 0.0891 e. The lowest BCUT2D eigenvalue weighted by molar-refractivity contribution is 0.0762. The van der Waals surface area contributed by atoms with E-state index in [0.29, 0.717) is 18.4 Å². The zero-order valence-electron chi connectivity index (χ0n) is 8.16. The molecule has 2 nitrogen and oxygen atoms in total. The van der Waals surface area contributed by atoms with Crippen molar-refractivity contribution < 1.29 is 4.74 Å². The summed E-state index contributed by atoms with van der Waals surface area (Å²) in [5, 5.41) is 0. The van der Waals surface area contributed by atoms with Crippen molar-refractivity contribution in [3.8, 4) is 0 Å². The van der Waals surface area contributed by atoms with Gasteiger partial charge in [0, 0.05) is 12.1 Å². The third-order valence-electron chi connectivity index (χ3n) is 2.67. The van der Waals surface area contributed by atoms with E-state index in [0.717, 1.165) is 12.3 Å². The number of rotatable bonds is 1. The molecule has 0 fully saturated rings. The van der Waals surface area contributed by atoms with Crippen LogP contribution in [-0.4, -0.2) is 11.6 Å². The Morgan fingerprint density at radius 3 is 3.15 bits per heavy atom. The third kappa shape index (κ3) is 1.59. The third-order valence-corrected chi connectivity index (χ3v) is 2.67. The number of ether oxygens (including phenoxy) is 1. The summed E-state index contributed by atoms with van der Waals surface area (Å²) in [6.45, 7) is 5.99. The van der Waals surface area contributed by atoms with E-state index in [2.05, 4.69) is 24.9 Å². The second-order valence-electron chi connectivity index (χ2n) is 3.90. The van der Waals surface area contributed by atoms with Gasteiger partial charge in [0.25, 0.3) is 0 Å². The van der Waals surface area contributed by atoms with Crippen molar-refractivity contribution in [1.29, 1.82) is 0 Å². The summed E-state index contributed by atoms with van der Waals surface area (Å²) in [6, 6.07) is 4.19. The smallest absolute Gasteiger partial charge is 0.0891 e. The van der Waals surface area contributed by atoms with Crippen LogP contribution in [0, 0.1) is 5.92 Å². The van der Waals surface area contributed by atoms with Crippen molar-refractivity contribution in [3.05, 3.63) is 29.6 Å². The fraction of sp³-hybridized carbons (Fsp3) is 0.545. The number of pyridine rings is 1. The number of hydrogen-bond acceptors (Lipinski definition) is 2. The normalized spacial score (nSPS) is 21.6. The molecule has 1 aromatic heterocycles. The Labute approximate surface area is 78.9 Å². The predicted octanol–water partition coefficient (Wildman–Crippen LogP) is 2.35. The Hall–Kier alpha value is -0.890. The molecule has 13 heavy (non-hydrogen) atoms. The number of nitrogens with zero attached hydrogens (tertiary/aromatic N) is 1. The molecule has 0 bridgehead atoms. The van der Waals surface area contributed by atoms with Gasteiger partial charge in [0.2, 0.25) is 0 Å². The van der Waals surface area contributed by atoms with Gasteiger partial charge in [-0.3, -0.25) is 4.98 Å². The molecule has 1 aliphatic rings. The van der Waals surface area contributed by atoms with Gasteiger partial charge in [0.1, 0.15) is 0 Å². The highest BCUT2D eigenvalue weighted by Crippen LogP contribution is 2.30. The minimum atomic E-state index is 0.525. The Bertz CT molecular complexity index is 296. The Kier molecular flexibility index (Phi) is 2.32.